The van der Waals surface area contributed by atoms with Gasteiger partial charge in [0.25, 0.3) is 0 Å². The van der Waals surface area contributed by atoms with Crippen molar-refractivity contribution in [2.75, 3.05) is 37.8 Å². The second kappa shape index (κ2) is 8.29. The first kappa shape index (κ1) is 19.4. The number of anilines is 1. The minimum Gasteiger partial charge on any atom is -0.389 e. The van der Waals surface area contributed by atoms with E-state index in [2.05, 4.69) is 10.00 Å². The summed E-state index contributed by atoms with van der Waals surface area (Å²) in [5, 5.41) is 15.0. The van der Waals surface area contributed by atoms with Gasteiger partial charge in [-0.2, -0.15) is 5.10 Å². The van der Waals surface area contributed by atoms with Crippen LogP contribution in [0.2, 0.25) is 0 Å². The number of nitrogens with zero attached hydrogens (tertiary/aromatic N) is 5. The molecule has 0 spiro atoms. The Morgan fingerprint density at radius 3 is 2.80 bits per heavy atom. The predicted octanol–water partition coefficient (Wildman–Crippen LogP) is 3.08. The van der Waals surface area contributed by atoms with Crippen LogP contribution < -0.4 is 4.90 Å². The van der Waals surface area contributed by atoms with Gasteiger partial charge in [0.05, 0.1) is 42.2 Å². The molecule has 2 aliphatic heterocycles. The molecule has 2 aliphatic rings. The van der Waals surface area contributed by atoms with E-state index < -0.39 is 6.10 Å². The molecule has 2 aromatic heterocycles. The Morgan fingerprint density at radius 2 is 2.03 bits per heavy atom. The lowest BCUT2D eigenvalue weighted by Crippen LogP contribution is -2.36. The highest BCUT2D eigenvalue weighted by molar-refractivity contribution is 5.85. The van der Waals surface area contributed by atoms with Crippen molar-refractivity contribution in [2.24, 2.45) is 0 Å². The summed E-state index contributed by atoms with van der Waals surface area (Å²) in [6, 6.07) is 6.01. The third-order valence-electron chi connectivity index (χ3n) is 5.84. The summed E-state index contributed by atoms with van der Waals surface area (Å²) in [6.07, 6.45) is 6.08. The molecule has 1 N–H and O–H groups in total. The van der Waals surface area contributed by atoms with E-state index in [0.717, 1.165) is 72.6 Å². The van der Waals surface area contributed by atoms with E-state index in [1.54, 1.807) is 13.1 Å². The summed E-state index contributed by atoms with van der Waals surface area (Å²) in [6.45, 7) is 5.50. The van der Waals surface area contributed by atoms with Crippen molar-refractivity contribution in [2.45, 2.75) is 38.5 Å². The molecule has 8 heteroatoms. The van der Waals surface area contributed by atoms with Crippen LogP contribution in [0.4, 0.5) is 5.82 Å². The summed E-state index contributed by atoms with van der Waals surface area (Å²) in [7, 11) is 0. The molecule has 0 amide bonds. The molecular weight excluding hydrogens is 382 g/mol. The van der Waals surface area contributed by atoms with Crippen LogP contribution in [0.15, 0.2) is 30.6 Å². The molecule has 30 heavy (non-hydrogen) atoms. The fourth-order valence-electron chi connectivity index (χ4n) is 4.23. The van der Waals surface area contributed by atoms with Crippen molar-refractivity contribution in [3.05, 3.63) is 36.2 Å². The Labute approximate surface area is 175 Å². The molecule has 0 aliphatic carbocycles. The molecule has 8 nitrogen and oxygen atoms in total. The minimum atomic E-state index is -0.663. The maximum atomic E-state index is 10.5. The molecular formula is C22H27N5O3. The molecule has 2 atom stereocenters. The number of benzene rings is 1. The largest absolute Gasteiger partial charge is 0.389 e. The Kier molecular flexibility index (Phi) is 5.37. The van der Waals surface area contributed by atoms with Gasteiger partial charge in [-0.3, -0.25) is 4.98 Å². The van der Waals surface area contributed by atoms with E-state index in [1.807, 2.05) is 29.1 Å². The molecule has 1 aromatic carbocycles. The molecule has 0 bridgehead atoms. The smallest absolute Gasteiger partial charge is 0.150 e. The van der Waals surface area contributed by atoms with Gasteiger partial charge in [0.15, 0.2) is 6.23 Å². The van der Waals surface area contributed by atoms with E-state index in [1.165, 1.54) is 0 Å². The first-order valence-corrected chi connectivity index (χ1v) is 10.7. The van der Waals surface area contributed by atoms with Crippen LogP contribution in [0, 0.1) is 0 Å². The van der Waals surface area contributed by atoms with Crippen LogP contribution in [-0.2, 0) is 9.47 Å². The summed E-state index contributed by atoms with van der Waals surface area (Å²) >= 11 is 0. The summed E-state index contributed by atoms with van der Waals surface area (Å²) in [5.41, 5.74) is 4.18. The number of morpholine rings is 1. The van der Waals surface area contributed by atoms with Crippen LogP contribution in [-0.4, -0.2) is 57.8 Å². The second-order valence-corrected chi connectivity index (χ2v) is 7.92. The van der Waals surface area contributed by atoms with Gasteiger partial charge in [0, 0.05) is 37.0 Å². The van der Waals surface area contributed by atoms with Crippen molar-refractivity contribution in [3.8, 4) is 11.3 Å². The van der Waals surface area contributed by atoms with Gasteiger partial charge in [-0.25, -0.2) is 9.67 Å². The zero-order valence-corrected chi connectivity index (χ0v) is 17.2. The second-order valence-electron chi connectivity index (χ2n) is 7.92. The molecule has 158 valence electrons. The standard InChI is InChI=1S/C22H27N5O3/c1-15(28)17-12-16(19-5-6-24-27(19)21-4-2-3-9-30-21)13-18-22(17)25-20(14-23-18)26-7-10-29-11-8-26/h5-6,12-15,21,28H,2-4,7-11H2,1H3. The molecule has 3 aromatic rings. The summed E-state index contributed by atoms with van der Waals surface area (Å²) in [4.78, 5) is 11.7. The third kappa shape index (κ3) is 3.66. The van der Waals surface area contributed by atoms with Crippen molar-refractivity contribution in [1.82, 2.24) is 19.7 Å². The first-order chi connectivity index (χ1) is 14.7. The van der Waals surface area contributed by atoms with E-state index in [-0.39, 0.29) is 6.23 Å². The van der Waals surface area contributed by atoms with E-state index in [0.29, 0.717) is 13.2 Å². The lowest BCUT2D eigenvalue weighted by Gasteiger charge is -2.28. The maximum absolute atomic E-state index is 10.5. The summed E-state index contributed by atoms with van der Waals surface area (Å²) in [5.74, 6) is 0.820. The van der Waals surface area contributed by atoms with Crippen LogP contribution >= 0.6 is 0 Å². The average Bonchev–Trinajstić information content (AvgIpc) is 3.29. The third-order valence-corrected chi connectivity index (χ3v) is 5.84. The van der Waals surface area contributed by atoms with Crippen molar-refractivity contribution in [3.63, 3.8) is 0 Å². The van der Waals surface area contributed by atoms with Crippen LogP contribution in [0.5, 0.6) is 0 Å². The average molecular weight is 409 g/mol. The van der Waals surface area contributed by atoms with Gasteiger partial charge in [0.2, 0.25) is 0 Å². The van der Waals surface area contributed by atoms with E-state index in [9.17, 15) is 5.11 Å². The van der Waals surface area contributed by atoms with Crippen molar-refractivity contribution < 1.29 is 14.6 Å². The van der Waals surface area contributed by atoms with Gasteiger partial charge in [-0.15, -0.1) is 0 Å². The highest BCUT2D eigenvalue weighted by atomic mass is 16.5. The number of aliphatic hydroxyl groups is 1. The molecule has 2 fully saturated rings. The van der Waals surface area contributed by atoms with E-state index >= 15 is 0 Å². The monoisotopic (exact) mass is 409 g/mol. The SMILES string of the molecule is CC(O)c1cc(-c2ccnn2C2CCCCO2)cc2ncc(N3CCOCC3)nc12. The van der Waals surface area contributed by atoms with Crippen molar-refractivity contribution in [1.29, 1.82) is 0 Å². The minimum absolute atomic E-state index is 0.0516. The lowest BCUT2D eigenvalue weighted by atomic mass is 10.0. The Balaban J connectivity index is 1.57. The Hall–Kier alpha value is -2.55. The molecule has 2 saturated heterocycles. The lowest BCUT2D eigenvalue weighted by molar-refractivity contribution is -0.0383. The Bertz CT molecular complexity index is 1020. The van der Waals surface area contributed by atoms with Gasteiger partial charge < -0.3 is 19.5 Å². The Morgan fingerprint density at radius 1 is 1.17 bits per heavy atom. The quantitative estimate of drug-likeness (QED) is 0.709. The maximum Gasteiger partial charge on any atom is 0.150 e. The highest BCUT2D eigenvalue weighted by Gasteiger charge is 2.22. The molecule has 5 rings (SSSR count). The van der Waals surface area contributed by atoms with Crippen molar-refractivity contribution >= 4 is 16.9 Å². The first-order valence-electron chi connectivity index (χ1n) is 10.7. The number of hydrogen-bond donors (Lipinski definition) is 1. The van der Waals surface area contributed by atoms with Crippen LogP contribution in [0.25, 0.3) is 22.3 Å². The topological polar surface area (TPSA) is 85.5 Å². The molecule has 4 heterocycles. The number of hydrogen-bond acceptors (Lipinski definition) is 7. The van der Waals surface area contributed by atoms with Gasteiger partial charge >= 0.3 is 0 Å². The predicted molar refractivity (Wildman–Crippen MR) is 113 cm³/mol. The number of aromatic nitrogens is 4. The fraction of sp³-hybridized carbons (Fsp3) is 0.500. The van der Waals surface area contributed by atoms with Gasteiger partial charge in [-0.1, -0.05) is 0 Å². The van der Waals surface area contributed by atoms with Crippen LogP contribution in [0.1, 0.15) is 44.1 Å². The highest BCUT2D eigenvalue weighted by Crippen LogP contribution is 2.33. The number of fused-ring (bicyclic) bond motifs is 1. The van der Waals surface area contributed by atoms with Crippen LogP contribution in [0.3, 0.4) is 0 Å². The zero-order valence-electron chi connectivity index (χ0n) is 17.2. The molecule has 0 saturated carbocycles. The number of aliphatic hydroxyl groups excluding tert-OH is 1. The zero-order chi connectivity index (χ0) is 20.5. The normalized spacial score (nSPS) is 21.1. The fourth-order valence-corrected chi connectivity index (χ4v) is 4.23. The van der Waals surface area contributed by atoms with Gasteiger partial charge in [-0.05, 0) is 44.4 Å². The van der Waals surface area contributed by atoms with Gasteiger partial charge in [0.1, 0.15) is 5.82 Å². The summed E-state index contributed by atoms with van der Waals surface area (Å²) < 4.78 is 13.3. The van der Waals surface area contributed by atoms with E-state index in [4.69, 9.17) is 19.4 Å². The number of ether oxygens (including phenoxy) is 2. The number of rotatable bonds is 4. The molecule has 0 radical (unpaired) electrons. The molecule has 2 unspecified atom stereocenters.